The van der Waals surface area contributed by atoms with Gasteiger partial charge >= 0.3 is 0 Å². The molecule has 0 bridgehead atoms. The van der Waals surface area contributed by atoms with Crippen LogP contribution in [0.5, 0.6) is 0 Å². The average Bonchev–Trinajstić information content (AvgIpc) is 3.28. The summed E-state index contributed by atoms with van der Waals surface area (Å²) in [5.41, 5.74) is 1.15. The summed E-state index contributed by atoms with van der Waals surface area (Å²) in [7, 11) is -2.69. The topological polar surface area (TPSA) is 38.8 Å². The van der Waals surface area contributed by atoms with Crippen LogP contribution in [0, 0.1) is 0 Å². The number of hydrogen-bond acceptors (Lipinski definition) is 3. The van der Waals surface area contributed by atoms with Gasteiger partial charge in [-0.3, -0.25) is 4.79 Å². The minimum atomic E-state index is -2.69. The van der Waals surface area contributed by atoms with Crippen LogP contribution in [0.25, 0.3) is 0 Å². The summed E-state index contributed by atoms with van der Waals surface area (Å²) in [5, 5.41) is 2.45. The molecule has 5 heteroatoms. The zero-order chi connectivity index (χ0) is 24.5. The lowest BCUT2D eigenvalue weighted by Gasteiger charge is -2.46. The van der Waals surface area contributed by atoms with Crippen LogP contribution < -0.4 is 10.4 Å². The second-order valence-electron chi connectivity index (χ2n) is 10.7. The van der Waals surface area contributed by atoms with E-state index in [9.17, 15) is 4.79 Å². The first-order valence-electron chi connectivity index (χ1n) is 12.6. The van der Waals surface area contributed by atoms with Crippen LogP contribution in [-0.4, -0.2) is 44.0 Å². The van der Waals surface area contributed by atoms with Crippen molar-refractivity contribution in [1.29, 1.82) is 0 Å². The molecule has 1 saturated carbocycles. The predicted molar refractivity (Wildman–Crippen MR) is 142 cm³/mol. The standard InChI is InChI=1S/C30H35NO3Si/c1-30(2,3)35(24-15-9-5-10-16-24,25-17-11-6-12-18-25)34-27-20-19-26-29(27)33-22-28(32)31(26)21-23-13-7-4-8-14-23/h4-18,26-27,29H,19-22H2,1-3H3/t26-,27-,29+/m1/s1. The molecule has 2 aliphatic rings. The summed E-state index contributed by atoms with van der Waals surface area (Å²) < 4.78 is 13.6. The number of amides is 1. The second kappa shape index (κ2) is 9.73. The number of hydrogen-bond donors (Lipinski definition) is 0. The lowest BCUT2D eigenvalue weighted by Crippen LogP contribution is -2.68. The van der Waals surface area contributed by atoms with Crippen molar-refractivity contribution in [2.24, 2.45) is 0 Å². The van der Waals surface area contributed by atoms with Gasteiger partial charge in [-0.1, -0.05) is 112 Å². The van der Waals surface area contributed by atoms with Crippen molar-refractivity contribution in [3.05, 3.63) is 96.6 Å². The first-order valence-corrected chi connectivity index (χ1v) is 14.5. The van der Waals surface area contributed by atoms with Gasteiger partial charge < -0.3 is 14.1 Å². The fraction of sp³-hybridized carbons (Fsp3) is 0.367. The number of fused-ring (bicyclic) bond motifs is 1. The van der Waals surface area contributed by atoms with E-state index in [2.05, 4.69) is 93.6 Å². The number of carbonyl (C=O) groups excluding carboxylic acids is 1. The van der Waals surface area contributed by atoms with Gasteiger partial charge in [0.05, 0.1) is 12.1 Å². The van der Waals surface area contributed by atoms with Crippen molar-refractivity contribution in [2.75, 3.05) is 6.61 Å². The Labute approximate surface area is 210 Å². The number of morpholine rings is 1. The highest BCUT2D eigenvalue weighted by Gasteiger charge is 2.55. The van der Waals surface area contributed by atoms with Crippen LogP contribution in [0.4, 0.5) is 0 Å². The molecule has 1 amide bonds. The smallest absolute Gasteiger partial charge is 0.261 e. The molecule has 5 rings (SSSR count). The number of nitrogens with zero attached hydrogens (tertiary/aromatic N) is 1. The third-order valence-corrected chi connectivity index (χ3v) is 12.6. The summed E-state index contributed by atoms with van der Waals surface area (Å²) in [4.78, 5) is 14.9. The zero-order valence-corrected chi connectivity index (χ0v) is 21.9. The monoisotopic (exact) mass is 485 g/mol. The van der Waals surface area contributed by atoms with Crippen LogP contribution >= 0.6 is 0 Å². The molecule has 3 aromatic rings. The largest absolute Gasteiger partial charge is 0.402 e. The molecule has 2 fully saturated rings. The quantitative estimate of drug-likeness (QED) is 0.482. The molecule has 182 valence electrons. The number of ether oxygens (including phenoxy) is 1. The van der Waals surface area contributed by atoms with E-state index in [1.54, 1.807) is 0 Å². The number of carbonyl (C=O) groups is 1. The molecule has 3 atom stereocenters. The van der Waals surface area contributed by atoms with Crippen molar-refractivity contribution >= 4 is 24.6 Å². The highest BCUT2D eigenvalue weighted by Crippen LogP contribution is 2.41. The number of rotatable bonds is 6. The lowest BCUT2D eigenvalue weighted by atomic mass is 10.1. The Morgan fingerprint density at radius 3 is 1.94 bits per heavy atom. The Bertz CT molecular complexity index is 1090. The summed E-state index contributed by atoms with van der Waals surface area (Å²) >= 11 is 0. The molecular formula is C30H35NO3Si. The average molecular weight is 486 g/mol. The third kappa shape index (κ3) is 4.49. The summed E-state index contributed by atoms with van der Waals surface area (Å²) in [6.45, 7) is 7.65. The van der Waals surface area contributed by atoms with Crippen LogP contribution in [-0.2, 0) is 20.5 Å². The molecule has 0 aromatic heterocycles. The van der Waals surface area contributed by atoms with Crippen LogP contribution in [0.15, 0.2) is 91.0 Å². The van der Waals surface area contributed by atoms with E-state index < -0.39 is 8.32 Å². The second-order valence-corrected chi connectivity index (χ2v) is 15.0. The Morgan fingerprint density at radius 2 is 1.40 bits per heavy atom. The molecule has 1 aliphatic heterocycles. The highest BCUT2D eigenvalue weighted by atomic mass is 28.4. The molecule has 0 spiro atoms. The van der Waals surface area contributed by atoms with Gasteiger partial charge in [0.25, 0.3) is 8.32 Å². The molecule has 0 radical (unpaired) electrons. The van der Waals surface area contributed by atoms with E-state index in [4.69, 9.17) is 9.16 Å². The molecule has 1 aliphatic carbocycles. The van der Waals surface area contributed by atoms with Crippen LogP contribution in [0.1, 0.15) is 39.2 Å². The number of benzene rings is 3. The minimum absolute atomic E-state index is 0.0414. The molecule has 3 aromatic carbocycles. The van der Waals surface area contributed by atoms with E-state index in [1.807, 2.05) is 23.1 Å². The van der Waals surface area contributed by atoms with E-state index in [0.29, 0.717) is 6.54 Å². The fourth-order valence-corrected chi connectivity index (χ4v) is 10.6. The maximum absolute atomic E-state index is 12.9. The summed E-state index contributed by atoms with van der Waals surface area (Å²) in [5.74, 6) is 0.0706. The van der Waals surface area contributed by atoms with Crippen LogP contribution in [0.3, 0.4) is 0 Å². The summed E-state index contributed by atoms with van der Waals surface area (Å²) in [6.07, 6.45) is 1.61. The Hall–Kier alpha value is -2.73. The van der Waals surface area contributed by atoms with Gasteiger partial charge in [0.15, 0.2) is 0 Å². The molecule has 35 heavy (non-hydrogen) atoms. The molecule has 1 saturated heterocycles. The SMILES string of the molecule is CC(C)(C)[Si](O[C@@H]1CC[C@@H]2[C@@H]1OCC(=O)N2Cc1ccccc1)(c1ccccc1)c1ccccc1. The van der Waals surface area contributed by atoms with Crippen molar-refractivity contribution in [1.82, 2.24) is 4.90 Å². The first-order chi connectivity index (χ1) is 16.9. The van der Waals surface area contributed by atoms with Crippen molar-refractivity contribution in [3.63, 3.8) is 0 Å². The van der Waals surface area contributed by atoms with Gasteiger partial charge in [0, 0.05) is 6.54 Å². The van der Waals surface area contributed by atoms with Gasteiger partial charge in [-0.05, 0) is 33.8 Å². The maximum atomic E-state index is 12.9. The molecular weight excluding hydrogens is 450 g/mol. The van der Waals surface area contributed by atoms with Gasteiger partial charge in [0.2, 0.25) is 5.91 Å². The minimum Gasteiger partial charge on any atom is -0.402 e. The van der Waals surface area contributed by atoms with Crippen molar-refractivity contribution < 1.29 is 14.0 Å². The molecule has 1 heterocycles. The Kier molecular flexibility index (Phi) is 6.66. The Balaban J connectivity index is 1.50. The molecule has 4 nitrogen and oxygen atoms in total. The summed E-state index contributed by atoms with van der Waals surface area (Å²) in [6, 6.07) is 31.8. The highest BCUT2D eigenvalue weighted by molar-refractivity contribution is 6.99. The normalized spacial score (nSPS) is 22.8. The molecule has 0 N–H and O–H groups in total. The van der Waals surface area contributed by atoms with Crippen molar-refractivity contribution in [3.8, 4) is 0 Å². The Morgan fingerprint density at radius 1 is 0.857 bits per heavy atom. The fourth-order valence-electron chi connectivity index (χ4n) is 5.93. The van der Waals surface area contributed by atoms with E-state index >= 15 is 0 Å². The van der Waals surface area contributed by atoms with E-state index in [-0.39, 0.29) is 35.8 Å². The zero-order valence-electron chi connectivity index (χ0n) is 20.9. The predicted octanol–water partition coefficient (Wildman–Crippen LogP) is 4.52. The van der Waals surface area contributed by atoms with Crippen molar-refractivity contribution in [2.45, 2.75) is 63.4 Å². The van der Waals surface area contributed by atoms with Gasteiger partial charge in [-0.2, -0.15) is 0 Å². The van der Waals surface area contributed by atoms with Gasteiger partial charge in [-0.15, -0.1) is 0 Å². The van der Waals surface area contributed by atoms with Gasteiger partial charge in [-0.25, -0.2) is 0 Å². The lowest BCUT2D eigenvalue weighted by molar-refractivity contribution is -0.160. The molecule has 0 unspecified atom stereocenters. The third-order valence-electron chi connectivity index (χ3n) is 7.55. The van der Waals surface area contributed by atoms with Gasteiger partial charge in [0.1, 0.15) is 12.7 Å². The first kappa shape index (κ1) is 24.0. The van der Waals surface area contributed by atoms with E-state index in [0.717, 1.165) is 18.4 Å². The maximum Gasteiger partial charge on any atom is 0.261 e. The van der Waals surface area contributed by atoms with E-state index in [1.165, 1.54) is 10.4 Å². The van der Waals surface area contributed by atoms with Crippen LogP contribution in [0.2, 0.25) is 5.04 Å².